The fraction of sp³-hybridized carbons (Fsp3) is 0.500. The number of hydrogen-bond donors (Lipinski definition) is 2. The van der Waals surface area contributed by atoms with Crippen molar-refractivity contribution < 1.29 is 18.6 Å². The minimum absolute atomic E-state index is 0.0533. The van der Waals surface area contributed by atoms with Gasteiger partial charge in [-0.1, -0.05) is 17.7 Å². The van der Waals surface area contributed by atoms with Gasteiger partial charge in [-0.3, -0.25) is 0 Å². The average Bonchev–Trinajstić information content (AvgIpc) is 2.27. The molecule has 1 saturated carbocycles. The lowest BCUT2D eigenvalue weighted by molar-refractivity contribution is -0.0498. The van der Waals surface area contributed by atoms with E-state index in [9.17, 15) is 13.9 Å². The smallest absolute Gasteiger partial charge is 0.387 e. The van der Waals surface area contributed by atoms with Gasteiger partial charge in [-0.15, -0.1) is 0 Å². The number of nitrogens with two attached hydrogens (primary N) is 1. The largest absolute Gasteiger partial charge is 0.433 e. The summed E-state index contributed by atoms with van der Waals surface area (Å²) in [5.74, 6) is -0.0533. The van der Waals surface area contributed by atoms with Crippen molar-refractivity contribution in [2.45, 2.75) is 31.0 Å². The lowest BCUT2D eigenvalue weighted by Gasteiger charge is -2.45. The van der Waals surface area contributed by atoms with E-state index in [0.717, 1.165) is 5.56 Å². The maximum Gasteiger partial charge on any atom is 0.387 e. The Morgan fingerprint density at radius 2 is 2.17 bits per heavy atom. The Kier molecular flexibility index (Phi) is 3.75. The third kappa shape index (κ3) is 2.43. The van der Waals surface area contributed by atoms with Crippen LogP contribution in [0.25, 0.3) is 0 Å². The number of halogens is 3. The second-order valence-electron chi connectivity index (χ2n) is 4.57. The minimum Gasteiger partial charge on any atom is -0.433 e. The zero-order valence-electron chi connectivity index (χ0n) is 9.57. The van der Waals surface area contributed by atoms with Crippen LogP contribution in [0, 0.1) is 0 Å². The second-order valence-corrected chi connectivity index (χ2v) is 4.98. The first-order valence-corrected chi connectivity index (χ1v) is 5.97. The summed E-state index contributed by atoms with van der Waals surface area (Å²) in [5.41, 5.74) is 6.28. The van der Waals surface area contributed by atoms with E-state index in [1.165, 1.54) is 6.07 Å². The molecule has 0 unspecified atom stereocenters. The van der Waals surface area contributed by atoms with Crippen LogP contribution >= 0.6 is 11.6 Å². The Morgan fingerprint density at radius 1 is 1.50 bits per heavy atom. The summed E-state index contributed by atoms with van der Waals surface area (Å²) in [6.07, 6.45) is 0.772. The summed E-state index contributed by atoms with van der Waals surface area (Å²) in [4.78, 5) is 0. The molecule has 0 saturated heterocycles. The van der Waals surface area contributed by atoms with Crippen molar-refractivity contribution in [2.75, 3.05) is 6.54 Å². The van der Waals surface area contributed by atoms with E-state index in [1.54, 1.807) is 12.1 Å². The summed E-state index contributed by atoms with van der Waals surface area (Å²) in [5, 5.41) is 9.53. The molecule has 18 heavy (non-hydrogen) atoms. The lowest BCUT2D eigenvalue weighted by atomic mass is 9.63. The molecule has 1 aliphatic carbocycles. The van der Waals surface area contributed by atoms with Gasteiger partial charge in [-0.25, -0.2) is 0 Å². The fourth-order valence-corrected chi connectivity index (χ4v) is 2.61. The molecule has 1 aliphatic rings. The SMILES string of the molecule is NCC1(c2ccc(OC(F)F)c(Cl)c2)CC(O)C1. The molecule has 3 N–H and O–H groups in total. The van der Waals surface area contributed by atoms with Crippen LogP contribution in [0.3, 0.4) is 0 Å². The normalized spacial score (nSPS) is 27.1. The molecule has 0 radical (unpaired) electrons. The van der Waals surface area contributed by atoms with E-state index in [1.807, 2.05) is 0 Å². The molecular formula is C12H14ClF2NO2. The molecule has 0 aromatic heterocycles. The van der Waals surface area contributed by atoms with Crippen molar-refractivity contribution >= 4 is 11.6 Å². The highest BCUT2D eigenvalue weighted by Gasteiger charge is 2.43. The van der Waals surface area contributed by atoms with Crippen molar-refractivity contribution in [3.8, 4) is 5.75 Å². The maximum absolute atomic E-state index is 12.1. The van der Waals surface area contributed by atoms with Gasteiger partial charge in [-0.2, -0.15) is 8.78 Å². The topological polar surface area (TPSA) is 55.5 Å². The first kappa shape index (κ1) is 13.5. The third-order valence-electron chi connectivity index (χ3n) is 3.40. The second kappa shape index (κ2) is 4.99. The number of aliphatic hydroxyl groups excluding tert-OH is 1. The Bertz CT molecular complexity index is 436. The molecule has 2 rings (SSSR count). The molecule has 1 aromatic carbocycles. The first-order valence-electron chi connectivity index (χ1n) is 5.60. The molecule has 100 valence electrons. The number of hydrogen-bond acceptors (Lipinski definition) is 3. The van der Waals surface area contributed by atoms with Gasteiger partial charge in [0.1, 0.15) is 5.75 Å². The van der Waals surface area contributed by atoms with Crippen molar-refractivity contribution in [3.63, 3.8) is 0 Å². The van der Waals surface area contributed by atoms with Crippen LogP contribution in [-0.2, 0) is 5.41 Å². The number of aliphatic hydroxyl groups is 1. The van der Waals surface area contributed by atoms with Gasteiger partial charge in [0.2, 0.25) is 0 Å². The summed E-state index contributed by atoms with van der Waals surface area (Å²) in [6, 6.07) is 4.66. The Morgan fingerprint density at radius 3 is 2.61 bits per heavy atom. The van der Waals surface area contributed by atoms with Gasteiger partial charge in [0.25, 0.3) is 0 Å². The van der Waals surface area contributed by atoms with Crippen LogP contribution < -0.4 is 10.5 Å². The molecule has 6 heteroatoms. The van der Waals surface area contributed by atoms with Crippen LogP contribution in [0.4, 0.5) is 8.78 Å². The monoisotopic (exact) mass is 277 g/mol. The molecule has 1 fully saturated rings. The molecule has 0 spiro atoms. The highest BCUT2D eigenvalue weighted by Crippen LogP contribution is 2.44. The van der Waals surface area contributed by atoms with Crippen LogP contribution in [0.5, 0.6) is 5.75 Å². The van der Waals surface area contributed by atoms with Crippen LogP contribution in [0.15, 0.2) is 18.2 Å². The molecule has 1 aromatic rings. The van der Waals surface area contributed by atoms with E-state index < -0.39 is 6.61 Å². The van der Waals surface area contributed by atoms with Crippen molar-refractivity contribution in [1.82, 2.24) is 0 Å². The predicted octanol–water partition coefficient (Wildman–Crippen LogP) is 2.29. The Balaban J connectivity index is 2.23. The van der Waals surface area contributed by atoms with Gasteiger partial charge in [0, 0.05) is 12.0 Å². The first-order chi connectivity index (χ1) is 8.47. The summed E-state index contributed by atoms with van der Waals surface area (Å²) >= 11 is 5.89. The predicted molar refractivity (Wildman–Crippen MR) is 64.1 cm³/mol. The lowest BCUT2D eigenvalue weighted by Crippen LogP contribution is -2.49. The van der Waals surface area contributed by atoms with E-state index in [2.05, 4.69) is 4.74 Å². The summed E-state index contributed by atoms with van der Waals surface area (Å²) in [6.45, 7) is -2.52. The van der Waals surface area contributed by atoms with Gasteiger partial charge in [-0.05, 0) is 30.5 Å². The third-order valence-corrected chi connectivity index (χ3v) is 3.70. The van der Waals surface area contributed by atoms with Crippen LogP contribution in [-0.4, -0.2) is 24.4 Å². The summed E-state index contributed by atoms with van der Waals surface area (Å²) < 4.78 is 28.5. The van der Waals surface area contributed by atoms with E-state index in [4.69, 9.17) is 17.3 Å². The number of benzene rings is 1. The molecule has 0 heterocycles. The molecular weight excluding hydrogens is 264 g/mol. The minimum atomic E-state index is -2.90. The highest BCUT2D eigenvalue weighted by molar-refractivity contribution is 6.32. The van der Waals surface area contributed by atoms with Gasteiger partial charge >= 0.3 is 6.61 Å². The van der Waals surface area contributed by atoms with Gasteiger partial charge in [0.15, 0.2) is 0 Å². The fourth-order valence-electron chi connectivity index (χ4n) is 2.38. The van der Waals surface area contributed by atoms with Crippen molar-refractivity contribution in [1.29, 1.82) is 0 Å². The zero-order valence-corrected chi connectivity index (χ0v) is 10.3. The average molecular weight is 278 g/mol. The number of alkyl halides is 2. The van der Waals surface area contributed by atoms with E-state index >= 15 is 0 Å². The van der Waals surface area contributed by atoms with Gasteiger partial charge < -0.3 is 15.6 Å². The molecule has 0 amide bonds. The van der Waals surface area contributed by atoms with Crippen molar-refractivity contribution in [3.05, 3.63) is 28.8 Å². The number of rotatable bonds is 4. The van der Waals surface area contributed by atoms with E-state index in [-0.39, 0.29) is 22.3 Å². The molecule has 0 atom stereocenters. The van der Waals surface area contributed by atoms with Crippen LogP contribution in [0.1, 0.15) is 18.4 Å². The van der Waals surface area contributed by atoms with Crippen molar-refractivity contribution in [2.24, 2.45) is 5.73 Å². The summed E-state index contributed by atoms with van der Waals surface area (Å²) in [7, 11) is 0. The molecule has 0 aliphatic heterocycles. The van der Waals surface area contributed by atoms with E-state index in [0.29, 0.717) is 19.4 Å². The zero-order chi connectivity index (χ0) is 13.3. The van der Waals surface area contributed by atoms with Crippen LogP contribution in [0.2, 0.25) is 5.02 Å². The quantitative estimate of drug-likeness (QED) is 0.888. The maximum atomic E-state index is 12.1. The van der Waals surface area contributed by atoms with Gasteiger partial charge in [0.05, 0.1) is 11.1 Å². The Hall–Kier alpha value is -0.910. The highest BCUT2D eigenvalue weighted by atomic mass is 35.5. The molecule has 3 nitrogen and oxygen atoms in total. The molecule has 0 bridgehead atoms. The number of ether oxygens (including phenoxy) is 1. The standard InChI is InChI=1S/C12H14ClF2NO2/c13-9-3-7(1-2-10(9)18-11(14)15)12(6-16)4-8(17)5-12/h1-3,8,11,17H,4-6,16H2. The Labute approximate surface area is 108 Å².